The summed E-state index contributed by atoms with van der Waals surface area (Å²) in [6.07, 6.45) is 1.75. The molecule has 1 aromatic heterocycles. The fourth-order valence-electron chi connectivity index (χ4n) is 7.24. The first-order valence-electron chi connectivity index (χ1n) is 15.7. The zero-order valence-corrected chi connectivity index (χ0v) is 29.1. The lowest BCUT2D eigenvalue weighted by molar-refractivity contribution is 0.662. The Bertz CT molecular complexity index is 1740. The van der Waals surface area contributed by atoms with E-state index in [9.17, 15) is 8.63 Å². The first-order valence-corrected chi connectivity index (χ1v) is 15.7. The zero-order valence-electron chi connectivity index (χ0n) is 29.1. The normalized spacial score (nSPS) is 12.8. The van der Waals surface area contributed by atoms with Gasteiger partial charge in [-0.2, -0.15) is 0 Å². The lowest BCUT2D eigenvalue weighted by atomic mass is 9.34. The van der Waals surface area contributed by atoms with Gasteiger partial charge in [-0.15, -0.1) is 0 Å². The molecule has 0 bridgehead atoms. The van der Waals surface area contributed by atoms with Crippen molar-refractivity contribution in [1.29, 1.82) is 0 Å². The summed E-state index contributed by atoms with van der Waals surface area (Å²) in [5, 5.41) is 0. The van der Waals surface area contributed by atoms with E-state index in [2.05, 4.69) is 133 Å². The molecular formula is C39H46B2F2N2. The first kappa shape index (κ1) is 34.0. The molecule has 2 nitrogen and oxygen atoms in total. The van der Waals surface area contributed by atoms with Crippen LogP contribution in [0.5, 0.6) is 0 Å². The van der Waals surface area contributed by atoms with E-state index >= 15 is 0 Å². The summed E-state index contributed by atoms with van der Waals surface area (Å²) in [7, 11) is -0.637. The Kier molecular flexibility index (Phi) is 10.3. The summed E-state index contributed by atoms with van der Waals surface area (Å²) in [5.74, 6) is 0. The number of benzene rings is 3. The summed E-state index contributed by atoms with van der Waals surface area (Å²) in [4.78, 5) is 3.45. The van der Waals surface area contributed by atoms with Gasteiger partial charge in [-0.05, 0) is 111 Å². The van der Waals surface area contributed by atoms with Gasteiger partial charge in [0.2, 0.25) is 6.71 Å². The van der Waals surface area contributed by atoms with Crippen molar-refractivity contribution in [2.24, 2.45) is 12.0 Å². The molecule has 0 saturated heterocycles. The highest BCUT2D eigenvalue weighted by molar-refractivity contribution is 6.96. The van der Waals surface area contributed by atoms with Gasteiger partial charge in [0.25, 0.3) is 0 Å². The van der Waals surface area contributed by atoms with Gasteiger partial charge < -0.3 is 4.57 Å². The number of nitrogens with zero attached hydrogens (tertiary/aromatic N) is 2. The standard InChI is InChI=1S/C39H46B2F2N2/c1-23-17-26(4)37(27(5)18-23)40(38-28(6)19-24(2)20-29(38)7)35-15-13-34(14-16-35)36(39-30(8)22-32(10)45(39)12)33(11)25(3)21-31(9)44-41(42)43/h13-22H,1-12H3/b25-21-,36-33+,44-31+. The van der Waals surface area contributed by atoms with Crippen LogP contribution in [-0.2, 0) is 7.05 Å². The van der Waals surface area contributed by atoms with Crippen LogP contribution >= 0.6 is 0 Å². The molecule has 0 atom stereocenters. The minimum Gasteiger partial charge on any atom is -0.348 e. The minimum absolute atomic E-state index is 0.0858. The second-order valence-electron chi connectivity index (χ2n) is 12.9. The van der Waals surface area contributed by atoms with Gasteiger partial charge in [-0.1, -0.05) is 98.3 Å². The summed E-state index contributed by atoms with van der Waals surface area (Å²) >= 11 is 0. The molecular weight excluding hydrogens is 556 g/mol. The fourth-order valence-corrected chi connectivity index (χ4v) is 7.24. The Balaban J connectivity index is 1.98. The highest BCUT2D eigenvalue weighted by Crippen LogP contribution is 2.33. The summed E-state index contributed by atoms with van der Waals surface area (Å²) in [5.41, 5.74) is 19.6. The number of aryl methyl sites for hydroxylation is 8. The molecule has 45 heavy (non-hydrogen) atoms. The van der Waals surface area contributed by atoms with Crippen LogP contribution in [0.2, 0.25) is 0 Å². The maximum Gasteiger partial charge on any atom is 0.692 e. The summed E-state index contributed by atoms with van der Waals surface area (Å²) in [6.45, 7) is 23.3. The van der Waals surface area contributed by atoms with Gasteiger partial charge in [-0.25, -0.2) is 0 Å². The molecule has 0 aliphatic carbocycles. The molecule has 6 heteroatoms. The molecule has 0 amide bonds. The minimum atomic E-state index is -2.72. The molecule has 0 aliphatic heterocycles. The number of halogens is 2. The lowest BCUT2D eigenvalue weighted by Crippen LogP contribution is -2.55. The molecule has 1 heterocycles. The fraction of sp³-hybridized carbons (Fsp3) is 0.308. The predicted octanol–water partition coefficient (Wildman–Crippen LogP) is 8.16. The van der Waals surface area contributed by atoms with Crippen molar-refractivity contribution in [2.75, 3.05) is 0 Å². The van der Waals surface area contributed by atoms with E-state index in [0.717, 1.165) is 33.7 Å². The van der Waals surface area contributed by atoms with Crippen molar-refractivity contribution in [2.45, 2.75) is 76.2 Å². The quantitative estimate of drug-likeness (QED) is 0.110. The van der Waals surface area contributed by atoms with Crippen LogP contribution in [-0.4, -0.2) is 24.4 Å². The highest BCUT2D eigenvalue weighted by atomic mass is 19.2. The van der Waals surface area contributed by atoms with Gasteiger partial charge in [0.05, 0.1) is 5.69 Å². The SMILES string of the molecule is CC(=C/C(C)=N/B(F)F)/C(C)=C(\c1ccc(B(c2c(C)cc(C)cc2C)c2c(C)cc(C)cc2C)cc1)c1c(C)cc(C)n1C. The Hall–Kier alpha value is -3.92. The average Bonchev–Trinajstić information content (AvgIpc) is 3.17. The largest absolute Gasteiger partial charge is 0.692 e. The van der Waals surface area contributed by atoms with Gasteiger partial charge in [0.1, 0.15) is 0 Å². The number of hydrogen-bond donors (Lipinski definition) is 0. The van der Waals surface area contributed by atoms with Crippen LogP contribution in [0.15, 0.2) is 76.7 Å². The van der Waals surface area contributed by atoms with Crippen LogP contribution in [0.3, 0.4) is 0 Å². The Morgan fingerprint density at radius 1 is 0.689 bits per heavy atom. The van der Waals surface area contributed by atoms with E-state index in [1.54, 1.807) is 13.0 Å². The topological polar surface area (TPSA) is 17.3 Å². The second kappa shape index (κ2) is 13.6. The average molecular weight is 602 g/mol. The summed E-state index contributed by atoms with van der Waals surface area (Å²) in [6, 6.07) is 20.4. The summed E-state index contributed by atoms with van der Waals surface area (Å²) < 4.78 is 28.2. The van der Waals surface area contributed by atoms with E-state index in [0.29, 0.717) is 5.71 Å². The van der Waals surface area contributed by atoms with E-state index in [1.165, 1.54) is 55.3 Å². The van der Waals surface area contributed by atoms with E-state index in [4.69, 9.17) is 0 Å². The van der Waals surface area contributed by atoms with Crippen molar-refractivity contribution >= 4 is 41.8 Å². The number of allylic oxidation sites excluding steroid dienone is 3. The van der Waals surface area contributed by atoms with Gasteiger partial charge in [0, 0.05) is 24.0 Å². The van der Waals surface area contributed by atoms with Gasteiger partial charge in [0.15, 0.2) is 0 Å². The number of aromatic nitrogens is 1. The van der Waals surface area contributed by atoms with Crippen molar-refractivity contribution in [3.8, 4) is 0 Å². The highest BCUT2D eigenvalue weighted by Gasteiger charge is 2.29. The van der Waals surface area contributed by atoms with Crippen LogP contribution in [0, 0.1) is 55.4 Å². The van der Waals surface area contributed by atoms with Crippen LogP contribution < -0.4 is 16.4 Å². The molecule has 0 radical (unpaired) electrons. The van der Waals surface area contributed by atoms with Gasteiger partial charge in [-0.3, -0.25) is 13.5 Å². The molecule has 0 fully saturated rings. The van der Waals surface area contributed by atoms with Crippen molar-refractivity contribution < 1.29 is 8.63 Å². The first-order chi connectivity index (χ1) is 21.1. The van der Waals surface area contributed by atoms with Crippen molar-refractivity contribution in [3.05, 3.63) is 128 Å². The molecule has 0 N–H and O–H groups in total. The van der Waals surface area contributed by atoms with Crippen LogP contribution in [0.4, 0.5) is 8.63 Å². The lowest BCUT2D eigenvalue weighted by Gasteiger charge is -2.25. The third-order valence-corrected chi connectivity index (χ3v) is 9.18. The molecule has 0 unspecified atom stereocenters. The second-order valence-corrected chi connectivity index (χ2v) is 12.9. The molecule has 0 aliphatic rings. The van der Waals surface area contributed by atoms with Gasteiger partial charge >= 0.3 is 7.40 Å². The smallest absolute Gasteiger partial charge is 0.348 e. The Labute approximate surface area is 270 Å². The molecule has 232 valence electrons. The van der Waals surface area contributed by atoms with Crippen molar-refractivity contribution in [1.82, 2.24) is 4.57 Å². The monoisotopic (exact) mass is 602 g/mol. The number of hydrogen-bond acceptors (Lipinski definition) is 1. The maximum atomic E-state index is 13.0. The Morgan fingerprint density at radius 2 is 1.16 bits per heavy atom. The van der Waals surface area contributed by atoms with E-state index in [-0.39, 0.29) is 6.71 Å². The Morgan fingerprint density at radius 3 is 1.56 bits per heavy atom. The molecule has 4 rings (SSSR count). The maximum absolute atomic E-state index is 13.0. The third-order valence-electron chi connectivity index (χ3n) is 9.18. The molecule has 3 aromatic carbocycles. The predicted molar refractivity (Wildman–Crippen MR) is 194 cm³/mol. The van der Waals surface area contributed by atoms with Crippen LogP contribution in [0.25, 0.3) is 5.57 Å². The molecule has 0 spiro atoms. The van der Waals surface area contributed by atoms with E-state index in [1.807, 2.05) is 6.92 Å². The van der Waals surface area contributed by atoms with E-state index < -0.39 is 7.40 Å². The third kappa shape index (κ3) is 7.16. The number of rotatable bonds is 8. The van der Waals surface area contributed by atoms with Crippen LogP contribution in [0.1, 0.15) is 76.7 Å². The molecule has 0 saturated carbocycles. The zero-order chi connectivity index (χ0) is 33.3. The molecule has 4 aromatic rings. The van der Waals surface area contributed by atoms with Crippen molar-refractivity contribution in [3.63, 3.8) is 0 Å².